The van der Waals surface area contributed by atoms with Gasteiger partial charge in [-0.2, -0.15) is 0 Å². The fraction of sp³-hybridized carbons (Fsp3) is 0.538. The van der Waals surface area contributed by atoms with Crippen LogP contribution < -0.4 is 15.2 Å². The summed E-state index contributed by atoms with van der Waals surface area (Å²) in [5.74, 6) is 0.884. The molecule has 0 fully saturated rings. The summed E-state index contributed by atoms with van der Waals surface area (Å²) < 4.78 is 26.9. The summed E-state index contributed by atoms with van der Waals surface area (Å²) in [6, 6.07) is 6.41. The highest BCUT2D eigenvalue weighted by Crippen LogP contribution is 2.33. The minimum atomic E-state index is -3.35. The third kappa shape index (κ3) is 3.92. The number of nitrogens with two attached hydrogens (primary N) is 1. The van der Waals surface area contributed by atoms with Gasteiger partial charge in [-0.05, 0) is 49.1 Å². The molecule has 1 aliphatic rings. The number of benzene rings is 1. The van der Waals surface area contributed by atoms with Crippen molar-refractivity contribution in [2.45, 2.75) is 25.3 Å². The molecule has 0 bridgehead atoms. The fourth-order valence-corrected chi connectivity index (χ4v) is 3.02. The van der Waals surface area contributed by atoms with Gasteiger partial charge < -0.3 is 10.1 Å². The van der Waals surface area contributed by atoms with Gasteiger partial charge in [0.05, 0.1) is 12.9 Å². The molecule has 1 aromatic carbocycles. The molecule has 0 radical (unpaired) electrons. The van der Waals surface area contributed by atoms with Crippen molar-refractivity contribution in [3.8, 4) is 5.75 Å². The van der Waals surface area contributed by atoms with Crippen molar-refractivity contribution >= 4 is 10.0 Å². The zero-order valence-corrected chi connectivity index (χ0v) is 11.9. The highest BCUT2D eigenvalue weighted by atomic mass is 32.2. The van der Waals surface area contributed by atoms with E-state index >= 15 is 0 Å². The molecule has 1 aliphatic carbocycles. The first-order valence-corrected chi connectivity index (χ1v) is 8.12. The Morgan fingerprint density at radius 2 is 2.26 bits per heavy atom. The van der Waals surface area contributed by atoms with Gasteiger partial charge in [0.2, 0.25) is 10.0 Å². The molecule has 19 heavy (non-hydrogen) atoms. The quantitative estimate of drug-likeness (QED) is 0.762. The Labute approximate surface area is 114 Å². The molecular formula is C13H20N2O3S. The maximum Gasteiger partial charge on any atom is 0.209 e. The van der Waals surface area contributed by atoms with Gasteiger partial charge in [-0.3, -0.25) is 0 Å². The summed E-state index contributed by atoms with van der Waals surface area (Å²) in [4.78, 5) is 0. The second-order valence-corrected chi connectivity index (χ2v) is 6.56. The van der Waals surface area contributed by atoms with Crippen molar-refractivity contribution in [3.05, 3.63) is 29.3 Å². The molecule has 0 amide bonds. The van der Waals surface area contributed by atoms with E-state index in [4.69, 9.17) is 9.88 Å². The second kappa shape index (κ2) is 5.90. The predicted octanol–water partition coefficient (Wildman–Crippen LogP) is 0.951. The highest BCUT2D eigenvalue weighted by Gasteiger charge is 2.22. The van der Waals surface area contributed by atoms with Crippen molar-refractivity contribution in [2.75, 3.05) is 19.4 Å². The predicted molar refractivity (Wildman–Crippen MR) is 74.6 cm³/mol. The van der Waals surface area contributed by atoms with E-state index in [1.165, 1.54) is 11.1 Å². The van der Waals surface area contributed by atoms with E-state index < -0.39 is 10.0 Å². The molecule has 2 rings (SSSR count). The van der Waals surface area contributed by atoms with E-state index in [9.17, 15) is 8.42 Å². The van der Waals surface area contributed by atoms with Crippen LogP contribution >= 0.6 is 0 Å². The highest BCUT2D eigenvalue weighted by molar-refractivity contribution is 7.89. The Morgan fingerprint density at radius 3 is 2.95 bits per heavy atom. The number of methoxy groups -OCH3 is 1. The lowest BCUT2D eigenvalue weighted by atomic mass is 10.1. The SMILES string of the molecule is COc1ccc2c(c1)C(NCCCS(N)(=O)=O)CC2. The largest absolute Gasteiger partial charge is 0.497 e. The topological polar surface area (TPSA) is 81.4 Å². The van der Waals surface area contributed by atoms with Crippen LogP contribution in [0.25, 0.3) is 0 Å². The molecule has 1 unspecified atom stereocenters. The Morgan fingerprint density at radius 1 is 1.47 bits per heavy atom. The van der Waals surface area contributed by atoms with Crippen LogP contribution in [-0.2, 0) is 16.4 Å². The van der Waals surface area contributed by atoms with Crippen LogP contribution in [0.1, 0.15) is 30.0 Å². The number of primary sulfonamides is 1. The maximum absolute atomic E-state index is 10.8. The molecule has 6 heteroatoms. The van der Waals surface area contributed by atoms with Gasteiger partial charge in [-0.15, -0.1) is 0 Å². The maximum atomic E-state index is 10.8. The Hall–Kier alpha value is -1.11. The Balaban J connectivity index is 1.91. The first-order chi connectivity index (χ1) is 8.99. The zero-order valence-electron chi connectivity index (χ0n) is 11.1. The minimum absolute atomic E-state index is 0.0255. The monoisotopic (exact) mass is 284 g/mol. The molecule has 5 nitrogen and oxygen atoms in total. The smallest absolute Gasteiger partial charge is 0.209 e. The second-order valence-electron chi connectivity index (χ2n) is 4.83. The molecule has 0 spiro atoms. The number of hydrogen-bond donors (Lipinski definition) is 2. The van der Waals surface area contributed by atoms with Gasteiger partial charge in [0.1, 0.15) is 5.75 Å². The molecule has 0 saturated heterocycles. The summed E-state index contributed by atoms with van der Waals surface area (Å²) in [5, 5.41) is 8.36. The van der Waals surface area contributed by atoms with Crippen molar-refractivity contribution in [1.82, 2.24) is 5.32 Å². The van der Waals surface area contributed by atoms with Crippen LogP contribution in [0, 0.1) is 0 Å². The number of hydrogen-bond acceptors (Lipinski definition) is 4. The summed E-state index contributed by atoms with van der Waals surface area (Å²) in [6.07, 6.45) is 2.62. The van der Waals surface area contributed by atoms with E-state index in [1.54, 1.807) is 7.11 Å². The van der Waals surface area contributed by atoms with Gasteiger partial charge in [0.25, 0.3) is 0 Å². The van der Waals surface area contributed by atoms with E-state index in [-0.39, 0.29) is 11.8 Å². The van der Waals surface area contributed by atoms with Crippen molar-refractivity contribution in [1.29, 1.82) is 0 Å². The van der Waals surface area contributed by atoms with Gasteiger partial charge in [-0.25, -0.2) is 13.6 Å². The molecule has 0 saturated carbocycles. The van der Waals surface area contributed by atoms with E-state index in [1.807, 2.05) is 6.07 Å². The standard InChI is InChI=1S/C13H20N2O3S/c1-18-11-5-3-10-4-6-13(12(10)9-11)15-7-2-8-19(14,16)17/h3,5,9,13,15H,2,4,6-8H2,1H3,(H2,14,16,17). The molecule has 106 valence electrons. The Kier molecular flexibility index (Phi) is 4.44. The third-order valence-electron chi connectivity index (χ3n) is 3.43. The number of rotatable bonds is 6. The molecule has 3 N–H and O–H groups in total. The summed E-state index contributed by atoms with van der Waals surface area (Å²) in [5.41, 5.74) is 2.60. The minimum Gasteiger partial charge on any atom is -0.497 e. The van der Waals surface area contributed by atoms with Crippen molar-refractivity contribution in [2.24, 2.45) is 5.14 Å². The average molecular weight is 284 g/mol. The van der Waals surface area contributed by atoms with Crippen molar-refractivity contribution in [3.63, 3.8) is 0 Å². The lowest BCUT2D eigenvalue weighted by Gasteiger charge is -2.14. The van der Waals surface area contributed by atoms with E-state index in [2.05, 4.69) is 17.4 Å². The average Bonchev–Trinajstić information content (AvgIpc) is 2.76. The van der Waals surface area contributed by atoms with Crippen molar-refractivity contribution < 1.29 is 13.2 Å². The fourth-order valence-electron chi connectivity index (χ4n) is 2.47. The number of sulfonamides is 1. The summed E-state index contributed by atoms with van der Waals surface area (Å²) in [7, 11) is -1.69. The first kappa shape index (κ1) is 14.3. The van der Waals surface area contributed by atoms with Crippen LogP contribution in [0.5, 0.6) is 5.75 Å². The summed E-state index contributed by atoms with van der Waals surface area (Å²) >= 11 is 0. The van der Waals surface area contributed by atoms with Gasteiger partial charge >= 0.3 is 0 Å². The van der Waals surface area contributed by atoms with Crippen LogP contribution in [0.3, 0.4) is 0 Å². The third-order valence-corrected chi connectivity index (χ3v) is 4.28. The number of ether oxygens (including phenoxy) is 1. The molecular weight excluding hydrogens is 264 g/mol. The van der Waals surface area contributed by atoms with Crippen LogP contribution in [-0.4, -0.2) is 27.8 Å². The van der Waals surface area contributed by atoms with Gasteiger partial charge in [0, 0.05) is 6.04 Å². The van der Waals surface area contributed by atoms with Gasteiger partial charge in [-0.1, -0.05) is 6.07 Å². The molecule has 0 aliphatic heterocycles. The molecule has 0 heterocycles. The lowest BCUT2D eigenvalue weighted by molar-refractivity contribution is 0.413. The Bertz CT molecular complexity index is 543. The lowest BCUT2D eigenvalue weighted by Crippen LogP contribution is -2.24. The summed E-state index contributed by atoms with van der Waals surface area (Å²) in [6.45, 7) is 0.651. The van der Waals surface area contributed by atoms with E-state index in [0.717, 1.165) is 18.6 Å². The van der Waals surface area contributed by atoms with E-state index in [0.29, 0.717) is 13.0 Å². The number of nitrogens with one attached hydrogen (secondary N) is 1. The molecule has 1 aromatic rings. The van der Waals surface area contributed by atoms with Gasteiger partial charge in [0.15, 0.2) is 0 Å². The van der Waals surface area contributed by atoms with Crippen LogP contribution in [0.4, 0.5) is 0 Å². The zero-order chi connectivity index (χ0) is 13.9. The number of fused-ring (bicyclic) bond motifs is 1. The first-order valence-electron chi connectivity index (χ1n) is 6.40. The molecule has 1 atom stereocenters. The molecule has 0 aromatic heterocycles. The normalized spacial score (nSPS) is 18.3. The van der Waals surface area contributed by atoms with Crippen LogP contribution in [0.2, 0.25) is 0 Å². The number of aryl methyl sites for hydroxylation is 1. The van der Waals surface area contributed by atoms with Crippen LogP contribution in [0.15, 0.2) is 18.2 Å².